The van der Waals surface area contributed by atoms with E-state index < -0.39 is 5.54 Å². The Labute approximate surface area is 149 Å². The van der Waals surface area contributed by atoms with Crippen molar-refractivity contribution >= 4 is 11.9 Å². The van der Waals surface area contributed by atoms with Gasteiger partial charge in [-0.05, 0) is 36.6 Å². The molecule has 1 amide bonds. The molecule has 0 radical (unpaired) electrons. The van der Waals surface area contributed by atoms with Gasteiger partial charge in [-0.1, -0.05) is 32.1 Å². The van der Waals surface area contributed by atoms with Crippen LogP contribution in [0.15, 0.2) is 24.3 Å². The molecule has 0 spiro atoms. The quantitative estimate of drug-likeness (QED) is 0.831. The summed E-state index contributed by atoms with van der Waals surface area (Å²) in [4.78, 5) is 14.2. The lowest BCUT2D eigenvalue weighted by Crippen LogP contribution is -2.53. The zero-order valence-corrected chi connectivity index (χ0v) is 15.0. The number of rotatable bonds is 6. The average molecular weight is 345 g/mol. The molecule has 2 N–H and O–H groups in total. The Morgan fingerprint density at radius 1 is 1.20 bits per heavy atom. The van der Waals surface area contributed by atoms with Gasteiger partial charge in [0.2, 0.25) is 0 Å². The van der Waals surface area contributed by atoms with Gasteiger partial charge < -0.3 is 14.8 Å². The minimum Gasteiger partial charge on any atom is -0.497 e. The summed E-state index contributed by atoms with van der Waals surface area (Å²) in [5, 5.41) is 11.1. The van der Waals surface area contributed by atoms with Gasteiger partial charge in [-0.2, -0.15) is 0 Å². The first-order valence-corrected chi connectivity index (χ1v) is 8.96. The molecule has 0 bridgehead atoms. The second-order valence-electron chi connectivity index (χ2n) is 7.09. The Morgan fingerprint density at radius 3 is 2.40 bits per heavy atom. The van der Waals surface area contributed by atoms with Crippen molar-refractivity contribution in [3.8, 4) is 11.5 Å². The summed E-state index contributed by atoms with van der Waals surface area (Å²) in [5.41, 5.74) is -0.840. The highest BCUT2D eigenvalue weighted by Gasteiger charge is 2.50. The minimum absolute atomic E-state index is 0.0726. The van der Waals surface area contributed by atoms with E-state index in [1.54, 1.807) is 14.2 Å². The van der Waals surface area contributed by atoms with E-state index in [0.717, 1.165) is 18.6 Å². The third kappa shape index (κ3) is 3.72. The highest BCUT2D eigenvalue weighted by molar-refractivity contribution is 6.07. The fourth-order valence-electron chi connectivity index (χ4n) is 3.84. The van der Waals surface area contributed by atoms with Crippen LogP contribution in [0.25, 0.3) is 0 Å². The predicted molar refractivity (Wildman–Crippen MR) is 96.0 cm³/mol. The Bertz CT molecular complexity index is 625. The van der Waals surface area contributed by atoms with Crippen LogP contribution in [0.2, 0.25) is 0 Å². The van der Waals surface area contributed by atoms with E-state index >= 15 is 0 Å². The molecule has 6 heteroatoms. The molecule has 136 valence electrons. The number of benzene rings is 1. The minimum atomic E-state index is -0.840. The maximum absolute atomic E-state index is 12.9. The summed E-state index contributed by atoms with van der Waals surface area (Å²) in [7, 11) is 3.27. The summed E-state index contributed by atoms with van der Waals surface area (Å²) < 4.78 is 11.1. The van der Waals surface area contributed by atoms with Gasteiger partial charge >= 0.3 is 0 Å². The van der Waals surface area contributed by atoms with Gasteiger partial charge in [0, 0.05) is 7.05 Å². The van der Waals surface area contributed by atoms with Crippen LogP contribution in [-0.2, 0) is 4.79 Å². The molecule has 1 aliphatic heterocycles. The van der Waals surface area contributed by atoms with Gasteiger partial charge in [0.25, 0.3) is 5.91 Å². The second-order valence-corrected chi connectivity index (χ2v) is 7.09. The van der Waals surface area contributed by atoms with E-state index in [1.165, 1.54) is 24.2 Å². The second kappa shape index (κ2) is 7.33. The molecule has 3 rings (SSSR count). The number of nitrogens with one attached hydrogen (secondary N) is 2. The van der Waals surface area contributed by atoms with Crippen LogP contribution in [0.4, 0.5) is 0 Å². The zero-order valence-electron chi connectivity index (χ0n) is 15.0. The van der Waals surface area contributed by atoms with Crippen LogP contribution in [0, 0.1) is 11.3 Å². The summed E-state index contributed by atoms with van der Waals surface area (Å²) in [6, 6.07) is 7.34. The summed E-state index contributed by atoms with van der Waals surface area (Å²) in [6.07, 6.45) is 6.74. The highest BCUT2D eigenvalue weighted by atomic mass is 16.5. The predicted octanol–water partition coefficient (Wildman–Crippen LogP) is 2.78. The first-order chi connectivity index (χ1) is 12.0. The molecule has 2 aliphatic rings. The average Bonchev–Trinajstić information content (AvgIpc) is 2.85. The Morgan fingerprint density at radius 2 is 1.84 bits per heavy atom. The smallest absolute Gasteiger partial charge is 0.258 e. The van der Waals surface area contributed by atoms with Crippen LogP contribution < -0.4 is 14.8 Å². The van der Waals surface area contributed by atoms with Crippen molar-refractivity contribution < 1.29 is 14.3 Å². The Kier molecular flexibility index (Phi) is 5.16. The van der Waals surface area contributed by atoms with Crippen molar-refractivity contribution in [2.75, 3.05) is 20.8 Å². The number of hydrogen-bond acceptors (Lipinski definition) is 4. The van der Waals surface area contributed by atoms with E-state index in [4.69, 9.17) is 14.9 Å². The number of carbonyl (C=O) groups excluding carboxylic acids is 1. The number of ether oxygens (including phenoxy) is 2. The number of likely N-dealkylation sites (N-methyl/N-ethyl adjacent to an activating group) is 1. The highest BCUT2D eigenvalue weighted by Crippen LogP contribution is 2.34. The molecule has 1 aromatic carbocycles. The van der Waals surface area contributed by atoms with Crippen LogP contribution in [0.5, 0.6) is 11.5 Å². The SMILES string of the molecule is COc1ccc(OCC2(CC3CCCCC3)NC(=N)N(C)C2=O)cc1. The number of methoxy groups -OCH3 is 1. The van der Waals surface area contributed by atoms with Crippen molar-refractivity contribution in [2.45, 2.75) is 44.1 Å². The van der Waals surface area contributed by atoms with Crippen LogP contribution in [0.3, 0.4) is 0 Å². The molecule has 25 heavy (non-hydrogen) atoms. The molecule has 2 fully saturated rings. The standard InChI is InChI=1S/C19H27N3O3/c1-22-17(23)19(21-18(22)20,12-14-6-4-3-5-7-14)13-25-16-10-8-15(24-2)9-11-16/h8-11,14H,3-7,12-13H2,1-2H3,(H2,20,21). The molecule has 1 heterocycles. The zero-order chi connectivity index (χ0) is 17.9. The first-order valence-electron chi connectivity index (χ1n) is 8.96. The fourth-order valence-corrected chi connectivity index (χ4v) is 3.84. The molecule has 6 nitrogen and oxygen atoms in total. The van der Waals surface area contributed by atoms with Gasteiger partial charge in [-0.15, -0.1) is 0 Å². The number of carbonyl (C=O) groups is 1. The molecule has 1 atom stereocenters. The van der Waals surface area contributed by atoms with Gasteiger partial charge in [-0.25, -0.2) is 0 Å². The number of guanidine groups is 1. The summed E-state index contributed by atoms with van der Waals surface area (Å²) in [5.74, 6) is 2.04. The number of amides is 1. The monoisotopic (exact) mass is 345 g/mol. The van der Waals surface area contributed by atoms with E-state index in [0.29, 0.717) is 18.1 Å². The third-order valence-electron chi connectivity index (χ3n) is 5.31. The maximum Gasteiger partial charge on any atom is 0.258 e. The van der Waals surface area contributed by atoms with Crippen molar-refractivity contribution in [2.24, 2.45) is 5.92 Å². The largest absolute Gasteiger partial charge is 0.497 e. The Hall–Kier alpha value is -2.24. The summed E-state index contributed by atoms with van der Waals surface area (Å²) >= 11 is 0. The molecule has 1 saturated heterocycles. The van der Waals surface area contributed by atoms with Gasteiger partial charge in [0.05, 0.1) is 7.11 Å². The van der Waals surface area contributed by atoms with Crippen molar-refractivity contribution in [3.63, 3.8) is 0 Å². The number of nitrogens with zero attached hydrogens (tertiary/aromatic N) is 1. The summed E-state index contributed by atoms with van der Waals surface area (Å²) in [6.45, 7) is 0.224. The molecule has 1 aromatic rings. The molecular formula is C19H27N3O3. The molecule has 1 saturated carbocycles. The van der Waals surface area contributed by atoms with Crippen LogP contribution >= 0.6 is 0 Å². The molecule has 1 aliphatic carbocycles. The van der Waals surface area contributed by atoms with Gasteiger partial charge in [-0.3, -0.25) is 15.1 Å². The lowest BCUT2D eigenvalue weighted by Gasteiger charge is -2.32. The first kappa shape index (κ1) is 17.6. The molecule has 0 aromatic heterocycles. The van der Waals surface area contributed by atoms with Gasteiger partial charge in [0.15, 0.2) is 11.5 Å². The lowest BCUT2D eigenvalue weighted by atomic mass is 9.79. The fraction of sp³-hybridized carbons (Fsp3) is 0.579. The third-order valence-corrected chi connectivity index (χ3v) is 5.31. The van der Waals surface area contributed by atoms with Crippen molar-refractivity contribution in [3.05, 3.63) is 24.3 Å². The van der Waals surface area contributed by atoms with E-state index in [2.05, 4.69) is 5.32 Å². The topological polar surface area (TPSA) is 74.7 Å². The Balaban J connectivity index is 1.73. The normalized spacial score (nSPS) is 24.3. The van der Waals surface area contributed by atoms with E-state index in [-0.39, 0.29) is 18.5 Å². The van der Waals surface area contributed by atoms with Crippen LogP contribution in [-0.4, -0.2) is 43.1 Å². The molecule has 1 unspecified atom stereocenters. The maximum atomic E-state index is 12.9. The van der Waals surface area contributed by atoms with Crippen molar-refractivity contribution in [1.29, 1.82) is 5.41 Å². The van der Waals surface area contributed by atoms with Gasteiger partial charge in [0.1, 0.15) is 18.1 Å². The number of hydrogen-bond donors (Lipinski definition) is 2. The van der Waals surface area contributed by atoms with Crippen molar-refractivity contribution in [1.82, 2.24) is 10.2 Å². The lowest BCUT2D eigenvalue weighted by molar-refractivity contribution is -0.132. The van der Waals surface area contributed by atoms with Crippen LogP contribution in [0.1, 0.15) is 38.5 Å². The van der Waals surface area contributed by atoms with E-state index in [9.17, 15) is 4.79 Å². The molecular weight excluding hydrogens is 318 g/mol. The van der Waals surface area contributed by atoms with E-state index in [1.807, 2.05) is 24.3 Å².